The number of carbonyl (C=O) groups is 3. The summed E-state index contributed by atoms with van der Waals surface area (Å²) in [5, 5.41) is 2.44. The van der Waals surface area contributed by atoms with Crippen molar-refractivity contribution in [1.82, 2.24) is 10.3 Å². The first-order chi connectivity index (χ1) is 6.07. The Kier molecular flexibility index (Phi) is 2.62. The number of hydrogen-bond donors (Lipinski definition) is 2. The number of nitrogens with two attached hydrogens (primary N) is 1. The van der Waals surface area contributed by atoms with Crippen molar-refractivity contribution in [2.24, 2.45) is 11.8 Å². The minimum absolute atomic E-state index is 0.408. The van der Waals surface area contributed by atoms with Gasteiger partial charge >= 0.3 is 6.03 Å². The molecule has 0 aromatic heterocycles. The summed E-state index contributed by atoms with van der Waals surface area (Å²) in [6.07, 6.45) is 1.09. The lowest BCUT2D eigenvalue weighted by atomic mass is 10.0. The summed E-state index contributed by atoms with van der Waals surface area (Å²) in [6, 6.07) is -0.859. The molecule has 4 amide bonds. The summed E-state index contributed by atoms with van der Waals surface area (Å²) in [5.41, 5.74) is 0. The first-order valence-electron chi connectivity index (χ1n) is 4.01. The van der Waals surface area contributed by atoms with Crippen molar-refractivity contribution in [2.75, 3.05) is 0 Å². The lowest BCUT2D eigenvalue weighted by Gasteiger charge is -2.25. The molecule has 0 bridgehead atoms. The minimum Gasteiger partial charge on any atom is -0.276 e. The average molecular weight is 185 g/mol. The van der Waals surface area contributed by atoms with E-state index >= 15 is 0 Å². The fraction of sp³-hybridized carbons (Fsp3) is 0.571. The zero-order valence-corrected chi connectivity index (χ0v) is 7.24. The van der Waals surface area contributed by atoms with Crippen LogP contribution in [0.1, 0.15) is 19.8 Å². The lowest BCUT2D eigenvalue weighted by molar-refractivity contribution is -0.143. The maximum Gasteiger partial charge on any atom is 0.345 e. The molecule has 0 saturated carbocycles. The Hall–Kier alpha value is -1.43. The van der Waals surface area contributed by atoms with Gasteiger partial charge < -0.3 is 0 Å². The quantitative estimate of drug-likeness (QED) is 0.340. The van der Waals surface area contributed by atoms with E-state index in [1.165, 1.54) is 0 Å². The van der Waals surface area contributed by atoms with Crippen molar-refractivity contribution in [1.29, 1.82) is 0 Å². The van der Waals surface area contributed by atoms with Crippen LogP contribution < -0.4 is 11.2 Å². The number of nitrogens with one attached hydrogen (secondary N) is 1. The molecule has 1 atom stereocenters. The molecule has 1 aliphatic rings. The fourth-order valence-electron chi connectivity index (χ4n) is 1.18. The van der Waals surface area contributed by atoms with Gasteiger partial charge in [0.05, 0.1) is 0 Å². The molecule has 13 heavy (non-hydrogen) atoms. The second-order valence-corrected chi connectivity index (χ2v) is 2.84. The van der Waals surface area contributed by atoms with Crippen LogP contribution in [-0.2, 0) is 9.59 Å². The number of imide groups is 2. The molecule has 0 aromatic rings. The van der Waals surface area contributed by atoms with Crippen molar-refractivity contribution in [3.05, 3.63) is 0 Å². The molecule has 0 aromatic carbocycles. The molecule has 1 unspecified atom stereocenters. The number of rotatable bonds is 2. The van der Waals surface area contributed by atoms with Crippen LogP contribution in [-0.4, -0.2) is 22.9 Å². The number of barbiturate groups is 1. The number of nitrogens with zero attached hydrogens (tertiary/aromatic N) is 1. The van der Waals surface area contributed by atoms with E-state index in [0.717, 1.165) is 0 Å². The molecule has 6 heteroatoms. The van der Waals surface area contributed by atoms with Crippen LogP contribution in [0, 0.1) is 5.92 Å². The van der Waals surface area contributed by atoms with Gasteiger partial charge in [0, 0.05) is 0 Å². The van der Waals surface area contributed by atoms with Crippen LogP contribution in [0.25, 0.3) is 0 Å². The van der Waals surface area contributed by atoms with Gasteiger partial charge in [0.2, 0.25) is 5.91 Å². The molecule has 0 aliphatic carbocycles. The lowest BCUT2D eigenvalue weighted by Crippen LogP contribution is -2.60. The molecule has 1 heterocycles. The van der Waals surface area contributed by atoms with Crippen molar-refractivity contribution in [2.45, 2.75) is 19.8 Å². The highest BCUT2D eigenvalue weighted by Gasteiger charge is 2.38. The van der Waals surface area contributed by atoms with Crippen molar-refractivity contribution in [3.8, 4) is 0 Å². The van der Waals surface area contributed by atoms with Crippen molar-refractivity contribution >= 4 is 17.8 Å². The molecule has 1 fully saturated rings. The monoisotopic (exact) mass is 185 g/mol. The molecular weight excluding hydrogens is 174 g/mol. The van der Waals surface area contributed by atoms with Crippen molar-refractivity contribution < 1.29 is 14.4 Å². The highest BCUT2D eigenvalue weighted by molar-refractivity contribution is 6.15. The molecule has 0 spiro atoms. The summed E-state index contributed by atoms with van der Waals surface area (Å²) in [4.78, 5) is 33.2. The van der Waals surface area contributed by atoms with Crippen molar-refractivity contribution in [3.63, 3.8) is 0 Å². The van der Waals surface area contributed by atoms with Gasteiger partial charge in [0.15, 0.2) is 0 Å². The van der Waals surface area contributed by atoms with E-state index in [1.54, 1.807) is 0 Å². The number of hydrazine groups is 1. The Labute approximate surface area is 75.0 Å². The summed E-state index contributed by atoms with van der Waals surface area (Å²) in [6.45, 7) is 1.85. The Morgan fingerprint density at radius 2 is 2.08 bits per heavy atom. The molecular formula is C7H11N3O3. The number of urea groups is 1. The van der Waals surface area contributed by atoms with Gasteiger partial charge in [-0.3, -0.25) is 14.9 Å². The first kappa shape index (κ1) is 9.66. The summed E-state index contributed by atoms with van der Waals surface area (Å²) in [5.74, 6) is 3.13. The van der Waals surface area contributed by atoms with E-state index in [-0.39, 0.29) is 0 Å². The Morgan fingerprint density at radius 1 is 1.46 bits per heavy atom. The largest absolute Gasteiger partial charge is 0.345 e. The van der Waals surface area contributed by atoms with Crippen LogP contribution in [0.5, 0.6) is 0 Å². The Bertz CT molecular complexity index is 264. The van der Waals surface area contributed by atoms with Crippen LogP contribution in [0.3, 0.4) is 0 Å². The molecule has 1 aliphatic heterocycles. The highest BCUT2D eigenvalue weighted by Crippen LogP contribution is 2.12. The van der Waals surface area contributed by atoms with Gasteiger partial charge in [-0.1, -0.05) is 13.3 Å². The van der Waals surface area contributed by atoms with Gasteiger partial charge in [-0.25, -0.2) is 10.6 Å². The van der Waals surface area contributed by atoms with Gasteiger partial charge in [-0.15, -0.1) is 0 Å². The summed E-state index contributed by atoms with van der Waals surface area (Å²) >= 11 is 0. The minimum atomic E-state index is -0.859. The maximum atomic E-state index is 11.3. The third kappa shape index (κ3) is 1.67. The number of carbonyl (C=O) groups excluding carboxylic acids is 3. The Morgan fingerprint density at radius 3 is 2.62 bits per heavy atom. The maximum absolute atomic E-state index is 11.3. The predicted octanol–water partition coefficient (Wildman–Crippen LogP) is -0.645. The number of amides is 4. The summed E-state index contributed by atoms with van der Waals surface area (Å²) < 4.78 is 0. The Balaban J connectivity index is 2.79. The molecule has 1 rings (SSSR count). The molecule has 6 nitrogen and oxygen atoms in total. The van der Waals surface area contributed by atoms with Crippen LogP contribution in [0.4, 0.5) is 4.79 Å². The third-order valence-corrected chi connectivity index (χ3v) is 1.88. The van der Waals surface area contributed by atoms with Gasteiger partial charge in [-0.05, 0) is 6.42 Å². The fourth-order valence-corrected chi connectivity index (χ4v) is 1.18. The van der Waals surface area contributed by atoms with E-state index in [2.05, 4.69) is 0 Å². The normalized spacial score (nSPS) is 23.4. The molecule has 1 saturated heterocycles. The SMILES string of the molecule is CCCC1C(=O)NC(=O)N(N)C1=O. The van der Waals surface area contributed by atoms with E-state index in [0.29, 0.717) is 17.9 Å². The van der Waals surface area contributed by atoms with Gasteiger partial charge in [0.25, 0.3) is 5.91 Å². The summed E-state index contributed by atoms with van der Waals surface area (Å²) in [7, 11) is 0. The zero-order chi connectivity index (χ0) is 10.0. The van der Waals surface area contributed by atoms with Gasteiger partial charge in [0.1, 0.15) is 5.92 Å². The van der Waals surface area contributed by atoms with E-state index in [9.17, 15) is 14.4 Å². The average Bonchev–Trinajstić information content (AvgIpc) is 2.09. The van der Waals surface area contributed by atoms with E-state index < -0.39 is 23.8 Å². The molecule has 3 N–H and O–H groups in total. The third-order valence-electron chi connectivity index (χ3n) is 1.88. The van der Waals surface area contributed by atoms with Crippen LogP contribution in [0.2, 0.25) is 0 Å². The van der Waals surface area contributed by atoms with Crippen LogP contribution >= 0.6 is 0 Å². The van der Waals surface area contributed by atoms with Crippen LogP contribution in [0.15, 0.2) is 0 Å². The highest BCUT2D eigenvalue weighted by atomic mass is 16.2. The second-order valence-electron chi connectivity index (χ2n) is 2.84. The van der Waals surface area contributed by atoms with E-state index in [4.69, 9.17) is 5.84 Å². The second kappa shape index (κ2) is 3.53. The molecule has 0 radical (unpaired) electrons. The smallest absolute Gasteiger partial charge is 0.276 e. The zero-order valence-electron chi connectivity index (χ0n) is 7.24. The standard InChI is InChI=1S/C7H11N3O3/c1-2-3-4-5(11)9-7(13)10(8)6(4)12/h4H,2-3,8H2,1H3,(H,9,11,13). The number of hydrogen-bond acceptors (Lipinski definition) is 4. The van der Waals surface area contributed by atoms with E-state index in [1.807, 2.05) is 12.2 Å². The predicted molar refractivity (Wildman–Crippen MR) is 43.0 cm³/mol. The molecule has 72 valence electrons. The topological polar surface area (TPSA) is 92.5 Å². The first-order valence-corrected chi connectivity index (χ1v) is 4.01. The van der Waals surface area contributed by atoms with Gasteiger partial charge in [-0.2, -0.15) is 5.01 Å².